The van der Waals surface area contributed by atoms with Gasteiger partial charge in [-0.05, 0) is 37.7 Å². The number of aromatic nitrogens is 4. The van der Waals surface area contributed by atoms with Crippen LogP contribution in [0.15, 0.2) is 36.5 Å². The summed E-state index contributed by atoms with van der Waals surface area (Å²) >= 11 is 0. The molecule has 5 rings (SSSR count). The monoisotopic (exact) mass is 548 g/mol. The number of amides is 2. The van der Waals surface area contributed by atoms with Crippen molar-refractivity contribution in [2.45, 2.75) is 52.0 Å². The first-order chi connectivity index (χ1) is 19.1. The summed E-state index contributed by atoms with van der Waals surface area (Å²) in [5.74, 6) is -1.91. The van der Waals surface area contributed by atoms with E-state index >= 15 is 8.78 Å². The lowest BCUT2D eigenvalue weighted by molar-refractivity contribution is 0.0828. The van der Waals surface area contributed by atoms with Gasteiger partial charge in [0.25, 0.3) is 11.8 Å². The van der Waals surface area contributed by atoms with Crippen LogP contribution in [0.5, 0.6) is 0 Å². The standard InChI is InChI=1S/C30H34F2N6O2/c1-5-38-27(28(33)39)20(15-34-38)23(17-12-10-16(2)11-13-17)29-35-22-14-21(31)24(25(32)26(22)36-29)18-8-6-7-9-19(18)30(40)37(3)4/h6-9,14-17,23H,5,10-13H2,1-4H3,(H2,33,39)(H,35,36)/t16?,17?,23-/m0/s1. The fourth-order valence-electron chi connectivity index (χ4n) is 6.00. The zero-order valence-electron chi connectivity index (χ0n) is 23.2. The maximum atomic E-state index is 16.2. The van der Waals surface area contributed by atoms with Crippen molar-refractivity contribution in [1.82, 2.24) is 24.6 Å². The highest BCUT2D eigenvalue weighted by molar-refractivity contribution is 6.01. The van der Waals surface area contributed by atoms with Gasteiger partial charge in [0, 0.05) is 49.3 Å². The fraction of sp³-hybridized carbons (Fsp3) is 0.400. The molecule has 1 aliphatic rings. The van der Waals surface area contributed by atoms with Gasteiger partial charge in [-0.15, -0.1) is 0 Å². The van der Waals surface area contributed by atoms with E-state index in [9.17, 15) is 9.59 Å². The molecule has 0 saturated heterocycles. The summed E-state index contributed by atoms with van der Waals surface area (Å²) in [5, 5.41) is 4.40. The minimum atomic E-state index is -0.855. The van der Waals surface area contributed by atoms with Crippen LogP contribution in [0.3, 0.4) is 0 Å². The molecule has 10 heteroatoms. The Morgan fingerprint density at radius 1 is 1.18 bits per heavy atom. The van der Waals surface area contributed by atoms with Crippen molar-refractivity contribution in [1.29, 1.82) is 0 Å². The minimum Gasteiger partial charge on any atom is -0.364 e. The SMILES string of the molecule is CCn1ncc([C@@H](c2nc3c(F)c(-c4ccccc4C(=O)N(C)C)c(F)cc3[nH]2)C2CCC(C)CC2)c1C(N)=O. The summed E-state index contributed by atoms with van der Waals surface area (Å²) in [6.45, 7) is 4.55. The number of fused-ring (bicyclic) bond motifs is 1. The maximum Gasteiger partial charge on any atom is 0.267 e. The van der Waals surface area contributed by atoms with Crippen LogP contribution >= 0.6 is 0 Å². The fourth-order valence-corrected chi connectivity index (χ4v) is 6.00. The molecule has 2 aromatic carbocycles. The summed E-state index contributed by atoms with van der Waals surface area (Å²) in [6, 6.07) is 7.59. The molecule has 8 nitrogen and oxygen atoms in total. The van der Waals surface area contributed by atoms with Gasteiger partial charge in [0.2, 0.25) is 0 Å². The average molecular weight is 549 g/mol. The number of carbonyl (C=O) groups is 2. The minimum absolute atomic E-state index is 0.0313. The van der Waals surface area contributed by atoms with Crippen molar-refractivity contribution >= 4 is 22.8 Å². The van der Waals surface area contributed by atoms with E-state index in [0.717, 1.165) is 25.7 Å². The number of hydrogen-bond acceptors (Lipinski definition) is 4. The number of carbonyl (C=O) groups excluding carboxylic acids is 2. The molecule has 3 N–H and O–H groups in total. The molecule has 2 amide bonds. The largest absolute Gasteiger partial charge is 0.364 e. The number of aryl methyl sites for hydroxylation is 1. The van der Waals surface area contributed by atoms with E-state index in [4.69, 9.17) is 5.73 Å². The van der Waals surface area contributed by atoms with Crippen molar-refractivity contribution in [2.24, 2.45) is 17.6 Å². The number of halogens is 2. The molecule has 1 atom stereocenters. The Hall–Kier alpha value is -4.08. The van der Waals surface area contributed by atoms with Crippen LogP contribution in [0.25, 0.3) is 22.2 Å². The number of benzene rings is 2. The predicted octanol–water partition coefficient (Wildman–Crippen LogP) is 5.48. The van der Waals surface area contributed by atoms with Gasteiger partial charge >= 0.3 is 0 Å². The third kappa shape index (κ3) is 4.76. The van der Waals surface area contributed by atoms with Gasteiger partial charge in [-0.3, -0.25) is 14.3 Å². The predicted molar refractivity (Wildman–Crippen MR) is 149 cm³/mol. The van der Waals surface area contributed by atoms with Crippen molar-refractivity contribution in [3.05, 3.63) is 70.8 Å². The highest BCUT2D eigenvalue weighted by Crippen LogP contribution is 2.43. The Labute approximate surface area is 231 Å². The normalized spacial score (nSPS) is 18.1. The van der Waals surface area contributed by atoms with E-state index in [0.29, 0.717) is 29.5 Å². The van der Waals surface area contributed by atoms with Gasteiger partial charge in [0.15, 0.2) is 5.82 Å². The van der Waals surface area contributed by atoms with Gasteiger partial charge in [-0.1, -0.05) is 38.0 Å². The van der Waals surface area contributed by atoms with Crippen molar-refractivity contribution < 1.29 is 18.4 Å². The highest BCUT2D eigenvalue weighted by Gasteiger charge is 2.35. The van der Waals surface area contributed by atoms with Crippen LogP contribution in [0, 0.1) is 23.5 Å². The number of hydrogen-bond donors (Lipinski definition) is 2. The Balaban J connectivity index is 1.69. The van der Waals surface area contributed by atoms with E-state index in [2.05, 4.69) is 22.0 Å². The van der Waals surface area contributed by atoms with Crippen LogP contribution in [0.4, 0.5) is 8.78 Å². The van der Waals surface area contributed by atoms with E-state index in [1.54, 1.807) is 43.2 Å². The average Bonchev–Trinajstić information content (AvgIpc) is 3.54. The number of nitrogens with zero attached hydrogens (tertiary/aromatic N) is 4. The van der Waals surface area contributed by atoms with E-state index in [1.165, 1.54) is 17.0 Å². The molecule has 1 fully saturated rings. The van der Waals surface area contributed by atoms with Crippen molar-refractivity contribution in [3.8, 4) is 11.1 Å². The second kappa shape index (κ2) is 10.8. The van der Waals surface area contributed by atoms with Gasteiger partial charge in [0.1, 0.15) is 22.9 Å². The summed E-state index contributed by atoms with van der Waals surface area (Å²) in [5.41, 5.74) is 6.93. The Bertz CT molecular complexity index is 1580. The van der Waals surface area contributed by atoms with Gasteiger partial charge in [-0.25, -0.2) is 13.8 Å². The first-order valence-electron chi connectivity index (χ1n) is 13.7. The zero-order chi connectivity index (χ0) is 28.7. The summed E-state index contributed by atoms with van der Waals surface area (Å²) in [7, 11) is 3.17. The van der Waals surface area contributed by atoms with Gasteiger partial charge in [-0.2, -0.15) is 5.10 Å². The molecule has 210 valence electrons. The molecular formula is C30H34F2N6O2. The quantitative estimate of drug-likeness (QED) is 0.319. The van der Waals surface area contributed by atoms with Gasteiger partial charge in [0.05, 0.1) is 17.3 Å². The van der Waals surface area contributed by atoms with Crippen molar-refractivity contribution in [2.75, 3.05) is 14.1 Å². The number of primary amides is 1. The van der Waals surface area contributed by atoms with Crippen LogP contribution in [0.2, 0.25) is 0 Å². The number of rotatable bonds is 7. The van der Waals surface area contributed by atoms with E-state index in [-0.39, 0.29) is 39.5 Å². The summed E-state index contributed by atoms with van der Waals surface area (Å²) < 4.78 is 33.3. The number of aromatic amines is 1. The molecule has 0 spiro atoms. The maximum absolute atomic E-state index is 16.2. The smallest absolute Gasteiger partial charge is 0.267 e. The summed E-state index contributed by atoms with van der Waals surface area (Å²) in [4.78, 5) is 34.5. The summed E-state index contributed by atoms with van der Waals surface area (Å²) in [6.07, 6.45) is 5.45. The Morgan fingerprint density at radius 3 is 2.52 bits per heavy atom. The zero-order valence-corrected chi connectivity index (χ0v) is 23.2. The first-order valence-corrected chi connectivity index (χ1v) is 13.7. The van der Waals surface area contributed by atoms with E-state index in [1.807, 2.05) is 6.92 Å². The molecule has 0 unspecified atom stereocenters. The molecule has 4 aromatic rings. The van der Waals surface area contributed by atoms with E-state index < -0.39 is 23.5 Å². The Morgan fingerprint density at radius 2 is 1.88 bits per heavy atom. The second-order valence-electron chi connectivity index (χ2n) is 10.9. The third-order valence-electron chi connectivity index (χ3n) is 8.08. The van der Waals surface area contributed by atoms with Crippen LogP contribution < -0.4 is 5.73 Å². The number of nitrogens with one attached hydrogen (secondary N) is 1. The lowest BCUT2D eigenvalue weighted by Gasteiger charge is -2.31. The second-order valence-corrected chi connectivity index (χ2v) is 10.9. The molecule has 1 aliphatic carbocycles. The van der Waals surface area contributed by atoms with Crippen LogP contribution in [0.1, 0.15) is 77.7 Å². The van der Waals surface area contributed by atoms with Gasteiger partial charge < -0.3 is 15.6 Å². The lowest BCUT2D eigenvalue weighted by Crippen LogP contribution is -2.25. The highest BCUT2D eigenvalue weighted by atomic mass is 19.1. The van der Waals surface area contributed by atoms with Crippen LogP contribution in [-0.4, -0.2) is 50.6 Å². The first kappa shape index (κ1) is 27.5. The number of H-pyrrole nitrogens is 1. The lowest BCUT2D eigenvalue weighted by atomic mass is 9.73. The molecule has 40 heavy (non-hydrogen) atoms. The number of imidazole rings is 1. The molecule has 2 heterocycles. The number of nitrogens with two attached hydrogens (primary N) is 1. The molecule has 2 aromatic heterocycles. The van der Waals surface area contributed by atoms with Crippen LogP contribution in [-0.2, 0) is 6.54 Å². The molecular weight excluding hydrogens is 514 g/mol. The Kier molecular flexibility index (Phi) is 7.44. The molecule has 0 bridgehead atoms. The molecule has 0 aliphatic heterocycles. The molecule has 1 saturated carbocycles. The van der Waals surface area contributed by atoms with Crippen molar-refractivity contribution in [3.63, 3.8) is 0 Å². The topological polar surface area (TPSA) is 110 Å². The molecule has 0 radical (unpaired) electrons. The third-order valence-corrected chi connectivity index (χ3v) is 8.08.